The minimum atomic E-state index is -0.330. The molecule has 0 aromatic heterocycles. The van der Waals surface area contributed by atoms with E-state index < -0.39 is 0 Å². The number of hydrogen-bond donors (Lipinski definition) is 1. The Hall–Kier alpha value is -3.34. The molecule has 2 amide bonds. The Balaban J connectivity index is 1.41. The predicted molar refractivity (Wildman–Crippen MR) is 113 cm³/mol. The largest absolute Gasteiger partial charge is 0.489 e. The second-order valence-corrected chi connectivity index (χ2v) is 7.11. The van der Waals surface area contributed by atoms with Crippen LogP contribution >= 0.6 is 0 Å². The minimum Gasteiger partial charge on any atom is -0.489 e. The number of benzene rings is 3. The maximum atomic E-state index is 13.8. The molecule has 0 saturated carbocycles. The van der Waals surface area contributed by atoms with Gasteiger partial charge in [0.15, 0.2) is 0 Å². The Bertz CT molecular complexity index is 974. The van der Waals surface area contributed by atoms with Gasteiger partial charge in [-0.2, -0.15) is 0 Å². The maximum absolute atomic E-state index is 13.8. The molecule has 0 bridgehead atoms. The molecule has 148 valence electrons. The Morgan fingerprint density at radius 1 is 1.00 bits per heavy atom. The summed E-state index contributed by atoms with van der Waals surface area (Å²) in [5.41, 5.74) is 3.42. The number of rotatable bonds is 4. The summed E-state index contributed by atoms with van der Waals surface area (Å²) in [5, 5.41) is 2.91. The van der Waals surface area contributed by atoms with Gasteiger partial charge in [-0.25, -0.2) is 9.18 Å². The van der Waals surface area contributed by atoms with Crippen molar-refractivity contribution in [3.8, 4) is 5.75 Å². The molecule has 0 aliphatic carbocycles. The SMILES string of the molecule is O=C(Nc1ccc(OCc2ccccc2)cc1)N1CCCCc2ccc(F)cc21. The molecule has 1 heterocycles. The highest BCUT2D eigenvalue weighted by molar-refractivity contribution is 6.02. The zero-order chi connectivity index (χ0) is 20.1. The summed E-state index contributed by atoms with van der Waals surface area (Å²) in [5.74, 6) is 0.400. The number of anilines is 2. The lowest BCUT2D eigenvalue weighted by atomic mass is 10.1. The van der Waals surface area contributed by atoms with Crippen LogP contribution in [0, 0.1) is 5.82 Å². The molecule has 1 aliphatic rings. The van der Waals surface area contributed by atoms with Crippen LogP contribution < -0.4 is 15.0 Å². The molecule has 3 aromatic rings. The average Bonchev–Trinajstić information content (AvgIpc) is 2.96. The molecule has 0 radical (unpaired) electrons. The fourth-order valence-electron chi connectivity index (χ4n) is 3.48. The molecule has 0 saturated heterocycles. The van der Waals surface area contributed by atoms with Gasteiger partial charge in [-0.15, -0.1) is 0 Å². The number of carbonyl (C=O) groups excluding carboxylic acids is 1. The predicted octanol–water partition coefficient (Wildman–Crippen LogP) is 5.78. The van der Waals surface area contributed by atoms with Crippen LogP contribution in [0.1, 0.15) is 24.0 Å². The Kier molecular flexibility index (Phi) is 5.75. The van der Waals surface area contributed by atoms with Crippen LogP contribution in [0.2, 0.25) is 0 Å². The van der Waals surface area contributed by atoms with Crippen molar-refractivity contribution in [3.63, 3.8) is 0 Å². The van der Waals surface area contributed by atoms with E-state index in [1.165, 1.54) is 12.1 Å². The van der Waals surface area contributed by atoms with E-state index in [0.717, 1.165) is 36.1 Å². The summed E-state index contributed by atoms with van der Waals surface area (Å²) in [4.78, 5) is 14.5. The molecule has 1 aliphatic heterocycles. The van der Waals surface area contributed by atoms with Gasteiger partial charge in [0, 0.05) is 12.2 Å². The number of hydrogen-bond acceptors (Lipinski definition) is 2. The standard InChI is InChI=1S/C24H23FN2O2/c25-20-10-9-19-8-4-5-15-27(23(19)16-20)24(28)26-21-11-13-22(14-12-21)29-17-18-6-2-1-3-7-18/h1-3,6-7,9-14,16H,4-5,8,15,17H2,(H,26,28). The average molecular weight is 390 g/mol. The third-order valence-corrected chi connectivity index (χ3v) is 5.02. The molecule has 1 N–H and O–H groups in total. The van der Waals surface area contributed by atoms with Gasteiger partial charge >= 0.3 is 6.03 Å². The third kappa shape index (κ3) is 4.74. The first-order chi connectivity index (χ1) is 14.2. The van der Waals surface area contributed by atoms with Gasteiger partial charge in [-0.05, 0) is 66.8 Å². The minimum absolute atomic E-state index is 0.253. The molecule has 0 unspecified atom stereocenters. The summed E-state index contributed by atoms with van der Waals surface area (Å²) >= 11 is 0. The van der Waals surface area contributed by atoms with Crippen LogP contribution in [0.4, 0.5) is 20.6 Å². The highest BCUT2D eigenvalue weighted by Gasteiger charge is 2.21. The first-order valence-corrected chi connectivity index (χ1v) is 9.83. The number of urea groups is 1. The second kappa shape index (κ2) is 8.78. The topological polar surface area (TPSA) is 41.6 Å². The number of nitrogens with zero attached hydrogens (tertiary/aromatic N) is 1. The molecule has 0 fully saturated rings. The van der Waals surface area contributed by atoms with Crippen LogP contribution in [0.25, 0.3) is 0 Å². The van der Waals surface area contributed by atoms with Crippen molar-refractivity contribution >= 4 is 17.4 Å². The van der Waals surface area contributed by atoms with E-state index >= 15 is 0 Å². The molecular weight excluding hydrogens is 367 g/mol. The zero-order valence-electron chi connectivity index (χ0n) is 16.1. The summed E-state index contributed by atoms with van der Waals surface area (Å²) in [6, 6.07) is 21.6. The molecule has 4 rings (SSSR count). The van der Waals surface area contributed by atoms with E-state index in [1.54, 1.807) is 11.0 Å². The number of nitrogens with one attached hydrogen (secondary N) is 1. The molecule has 4 nitrogen and oxygen atoms in total. The van der Waals surface area contributed by atoms with Crippen LogP contribution in [-0.2, 0) is 13.0 Å². The van der Waals surface area contributed by atoms with Crippen molar-refractivity contribution in [3.05, 3.63) is 89.7 Å². The fraction of sp³-hybridized carbons (Fsp3) is 0.208. The quantitative estimate of drug-likeness (QED) is 0.614. The van der Waals surface area contributed by atoms with Crippen LogP contribution in [-0.4, -0.2) is 12.6 Å². The summed E-state index contributed by atoms with van der Waals surface area (Å²) in [6.07, 6.45) is 2.72. The number of aryl methyl sites for hydroxylation is 1. The highest BCUT2D eigenvalue weighted by Crippen LogP contribution is 2.28. The van der Waals surface area contributed by atoms with Crippen LogP contribution in [0.15, 0.2) is 72.8 Å². The molecule has 5 heteroatoms. The molecule has 3 aromatic carbocycles. The number of carbonyl (C=O) groups is 1. The number of ether oxygens (including phenoxy) is 1. The maximum Gasteiger partial charge on any atom is 0.326 e. The van der Waals surface area contributed by atoms with E-state index in [4.69, 9.17) is 4.74 Å². The normalized spacial score (nSPS) is 13.3. The number of halogens is 1. The lowest BCUT2D eigenvalue weighted by Gasteiger charge is -2.23. The summed E-state index contributed by atoms with van der Waals surface area (Å²) in [6.45, 7) is 1.06. The molecule has 0 atom stereocenters. The number of fused-ring (bicyclic) bond motifs is 1. The zero-order valence-corrected chi connectivity index (χ0v) is 16.1. The van der Waals surface area contributed by atoms with Gasteiger partial charge in [0.1, 0.15) is 18.2 Å². The van der Waals surface area contributed by atoms with Crippen molar-refractivity contribution in [1.29, 1.82) is 0 Å². The lowest BCUT2D eigenvalue weighted by molar-refractivity contribution is 0.257. The Morgan fingerprint density at radius 2 is 1.79 bits per heavy atom. The van der Waals surface area contributed by atoms with Gasteiger partial charge < -0.3 is 10.1 Å². The Morgan fingerprint density at radius 3 is 2.59 bits per heavy atom. The van der Waals surface area contributed by atoms with Crippen molar-refractivity contribution < 1.29 is 13.9 Å². The van der Waals surface area contributed by atoms with E-state index in [2.05, 4.69) is 5.32 Å². The van der Waals surface area contributed by atoms with Crippen LogP contribution in [0.5, 0.6) is 5.75 Å². The lowest BCUT2D eigenvalue weighted by Crippen LogP contribution is -2.35. The van der Waals surface area contributed by atoms with Crippen molar-refractivity contribution in [1.82, 2.24) is 0 Å². The van der Waals surface area contributed by atoms with Gasteiger partial charge in [0.05, 0.1) is 5.69 Å². The monoisotopic (exact) mass is 390 g/mol. The highest BCUT2D eigenvalue weighted by atomic mass is 19.1. The first-order valence-electron chi connectivity index (χ1n) is 9.83. The third-order valence-electron chi connectivity index (χ3n) is 5.02. The van der Waals surface area contributed by atoms with Gasteiger partial charge in [0.2, 0.25) is 0 Å². The summed E-state index contributed by atoms with van der Waals surface area (Å²) in [7, 11) is 0. The fourth-order valence-corrected chi connectivity index (χ4v) is 3.48. The Labute approximate surface area is 169 Å². The van der Waals surface area contributed by atoms with Crippen LogP contribution in [0.3, 0.4) is 0 Å². The van der Waals surface area contributed by atoms with Crippen molar-refractivity contribution in [2.75, 3.05) is 16.8 Å². The van der Waals surface area contributed by atoms with E-state index in [-0.39, 0.29) is 11.8 Å². The second-order valence-electron chi connectivity index (χ2n) is 7.11. The number of amides is 2. The first kappa shape index (κ1) is 19.0. The van der Waals surface area contributed by atoms with E-state index in [0.29, 0.717) is 24.5 Å². The smallest absolute Gasteiger partial charge is 0.326 e. The summed E-state index contributed by atoms with van der Waals surface area (Å²) < 4.78 is 19.5. The van der Waals surface area contributed by atoms with Crippen molar-refractivity contribution in [2.45, 2.75) is 25.9 Å². The molecular formula is C24H23FN2O2. The molecule has 0 spiro atoms. The van der Waals surface area contributed by atoms with E-state index in [1.807, 2.05) is 54.6 Å². The molecule has 29 heavy (non-hydrogen) atoms. The van der Waals surface area contributed by atoms with Gasteiger partial charge in [-0.3, -0.25) is 4.90 Å². The van der Waals surface area contributed by atoms with E-state index in [9.17, 15) is 9.18 Å². The van der Waals surface area contributed by atoms with Gasteiger partial charge in [-0.1, -0.05) is 36.4 Å². The van der Waals surface area contributed by atoms with Gasteiger partial charge in [0.25, 0.3) is 0 Å². The van der Waals surface area contributed by atoms with Crippen molar-refractivity contribution in [2.24, 2.45) is 0 Å².